The van der Waals surface area contributed by atoms with Gasteiger partial charge in [0.1, 0.15) is 12.4 Å². The number of hydrogen-bond acceptors (Lipinski definition) is 4. The Balaban J connectivity index is 1.38. The number of carbonyl (C=O) groups is 4. The van der Waals surface area contributed by atoms with Crippen molar-refractivity contribution >= 4 is 23.6 Å². The molecule has 30 heavy (non-hydrogen) atoms. The summed E-state index contributed by atoms with van der Waals surface area (Å²) in [5.74, 6) is -1.89. The second kappa shape index (κ2) is 8.06. The zero-order valence-electron chi connectivity index (χ0n) is 16.2. The van der Waals surface area contributed by atoms with Crippen molar-refractivity contribution < 1.29 is 23.6 Å². The maximum absolute atomic E-state index is 13.1. The van der Waals surface area contributed by atoms with Crippen molar-refractivity contribution in [3.05, 3.63) is 71.0 Å². The van der Waals surface area contributed by atoms with Crippen molar-refractivity contribution in [2.24, 2.45) is 0 Å². The largest absolute Gasteiger partial charge is 0.339 e. The topological polar surface area (TPSA) is 78.0 Å². The molecule has 0 aliphatic carbocycles. The molecule has 2 heterocycles. The van der Waals surface area contributed by atoms with Gasteiger partial charge < -0.3 is 9.80 Å². The molecular formula is C22H20FN3O4. The molecule has 0 aromatic heterocycles. The SMILES string of the molecule is O=C(CN1C(=O)c2ccccc2C1=O)N1CCCN(C(=O)c2ccc(F)cc2)CC1. The second-order valence-electron chi connectivity index (χ2n) is 7.28. The molecule has 0 spiro atoms. The Morgan fingerprint density at radius 3 is 2.00 bits per heavy atom. The Bertz CT molecular complexity index is 986. The fourth-order valence-corrected chi connectivity index (χ4v) is 3.76. The first-order valence-electron chi connectivity index (χ1n) is 9.73. The van der Waals surface area contributed by atoms with E-state index in [2.05, 4.69) is 0 Å². The molecule has 0 unspecified atom stereocenters. The van der Waals surface area contributed by atoms with Crippen molar-refractivity contribution in [2.45, 2.75) is 6.42 Å². The summed E-state index contributed by atoms with van der Waals surface area (Å²) in [6.07, 6.45) is 0.570. The molecular weight excluding hydrogens is 389 g/mol. The van der Waals surface area contributed by atoms with E-state index in [1.165, 1.54) is 24.3 Å². The van der Waals surface area contributed by atoms with E-state index < -0.39 is 17.6 Å². The van der Waals surface area contributed by atoms with E-state index in [1.54, 1.807) is 34.1 Å². The predicted octanol–water partition coefficient (Wildman–Crippen LogP) is 1.80. The molecule has 2 aromatic carbocycles. The van der Waals surface area contributed by atoms with Gasteiger partial charge in [-0.1, -0.05) is 12.1 Å². The van der Waals surface area contributed by atoms with Gasteiger partial charge in [0.2, 0.25) is 5.91 Å². The minimum absolute atomic E-state index is 0.218. The Kier molecular flexibility index (Phi) is 5.31. The highest BCUT2D eigenvalue weighted by molar-refractivity contribution is 6.22. The van der Waals surface area contributed by atoms with Gasteiger partial charge in [0.15, 0.2) is 0 Å². The van der Waals surface area contributed by atoms with Gasteiger partial charge in [-0.2, -0.15) is 0 Å². The molecule has 7 nitrogen and oxygen atoms in total. The molecule has 2 aliphatic rings. The lowest BCUT2D eigenvalue weighted by molar-refractivity contribution is -0.131. The smallest absolute Gasteiger partial charge is 0.262 e. The molecule has 0 atom stereocenters. The summed E-state index contributed by atoms with van der Waals surface area (Å²) in [5, 5.41) is 0. The van der Waals surface area contributed by atoms with Gasteiger partial charge in [-0.3, -0.25) is 24.1 Å². The maximum Gasteiger partial charge on any atom is 0.262 e. The van der Waals surface area contributed by atoms with Gasteiger partial charge in [0, 0.05) is 31.7 Å². The minimum atomic E-state index is -0.466. The molecule has 4 amide bonds. The van der Waals surface area contributed by atoms with Gasteiger partial charge in [-0.15, -0.1) is 0 Å². The van der Waals surface area contributed by atoms with E-state index in [4.69, 9.17) is 0 Å². The Labute approximate surface area is 172 Å². The third kappa shape index (κ3) is 3.68. The summed E-state index contributed by atoms with van der Waals surface area (Å²) < 4.78 is 13.1. The maximum atomic E-state index is 13.1. The van der Waals surface area contributed by atoms with Crippen LogP contribution in [0.3, 0.4) is 0 Å². The first kappa shape index (κ1) is 19.8. The molecule has 1 fully saturated rings. The van der Waals surface area contributed by atoms with E-state index in [1.807, 2.05) is 0 Å². The zero-order chi connectivity index (χ0) is 21.3. The molecule has 2 aliphatic heterocycles. The molecule has 154 valence electrons. The molecule has 0 radical (unpaired) electrons. The molecule has 0 N–H and O–H groups in total. The number of imide groups is 1. The van der Waals surface area contributed by atoms with Crippen LogP contribution < -0.4 is 0 Å². The monoisotopic (exact) mass is 409 g/mol. The fourth-order valence-electron chi connectivity index (χ4n) is 3.76. The highest BCUT2D eigenvalue weighted by atomic mass is 19.1. The minimum Gasteiger partial charge on any atom is -0.339 e. The van der Waals surface area contributed by atoms with Gasteiger partial charge in [0.25, 0.3) is 17.7 Å². The lowest BCUT2D eigenvalue weighted by Gasteiger charge is -2.24. The van der Waals surface area contributed by atoms with Crippen molar-refractivity contribution in [2.75, 3.05) is 32.7 Å². The van der Waals surface area contributed by atoms with E-state index in [0.29, 0.717) is 49.3 Å². The van der Waals surface area contributed by atoms with Gasteiger partial charge in [-0.25, -0.2) is 4.39 Å². The van der Waals surface area contributed by atoms with Crippen molar-refractivity contribution in [1.82, 2.24) is 14.7 Å². The number of nitrogens with zero attached hydrogens (tertiary/aromatic N) is 3. The highest BCUT2D eigenvalue weighted by Crippen LogP contribution is 2.22. The Morgan fingerprint density at radius 2 is 1.37 bits per heavy atom. The Hall–Kier alpha value is -3.55. The predicted molar refractivity (Wildman–Crippen MR) is 105 cm³/mol. The molecule has 0 saturated carbocycles. The van der Waals surface area contributed by atoms with Crippen molar-refractivity contribution in [1.29, 1.82) is 0 Å². The number of carbonyl (C=O) groups excluding carboxylic acids is 4. The molecule has 8 heteroatoms. The van der Waals surface area contributed by atoms with Crippen LogP contribution in [0.25, 0.3) is 0 Å². The highest BCUT2D eigenvalue weighted by Gasteiger charge is 2.37. The summed E-state index contributed by atoms with van der Waals surface area (Å²) in [6.45, 7) is 1.19. The van der Waals surface area contributed by atoms with E-state index in [-0.39, 0.29) is 18.4 Å². The van der Waals surface area contributed by atoms with Gasteiger partial charge in [-0.05, 0) is 42.8 Å². The quantitative estimate of drug-likeness (QED) is 0.725. The normalized spacial score (nSPS) is 16.5. The first-order valence-corrected chi connectivity index (χ1v) is 9.73. The van der Waals surface area contributed by atoms with Gasteiger partial charge >= 0.3 is 0 Å². The van der Waals surface area contributed by atoms with Crippen LogP contribution in [0, 0.1) is 5.82 Å². The average Bonchev–Trinajstić information content (AvgIpc) is 2.93. The summed E-state index contributed by atoms with van der Waals surface area (Å²) in [6, 6.07) is 11.9. The van der Waals surface area contributed by atoms with E-state index in [0.717, 1.165) is 4.90 Å². The van der Waals surface area contributed by atoms with Crippen LogP contribution in [0.5, 0.6) is 0 Å². The lowest BCUT2D eigenvalue weighted by Crippen LogP contribution is -2.44. The summed E-state index contributed by atoms with van der Waals surface area (Å²) in [4.78, 5) is 54.5. The third-order valence-electron chi connectivity index (χ3n) is 5.40. The number of rotatable bonds is 3. The third-order valence-corrected chi connectivity index (χ3v) is 5.40. The van der Waals surface area contributed by atoms with Crippen LogP contribution in [-0.4, -0.2) is 71.1 Å². The van der Waals surface area contributed by atoms with Crippen LogP contribution in [0.15, 0.2) is 48.5 Å². The van der Waals surface area contributed by atoms with Crippen LogP contribution in [0.1, 0.15) is 37.5 Å². The standard InChI is InChI=1S/C22H20FN3O4/c23-16-8-6-15(7-9-16)20(28)25-11-3-10-24(12-13-25)19(27)14-26-21(29)17-4-1-2-5-18(17)22(26)30/h1-2,4-9H,3,10-14H2. The molecule has 2 aromatic rings. The van der Waals surface area contributed by atoms with Crippen LogP contribution >= 0.6 is 0 Å². The van der Waals surface area contributed by atoms with Crippen LogP contribution in [0.4, 0.5) is 4.39 Å². The van der Waals surface area contributed by atoms with E-state index >= 15 is 0 Å². The molecule has 0 bridgehead atoms. The number of benzene rings is 2. The van der Waals surface area contributed by atoms with E-state index in [9.17, 15) is 23.6 Å². The number of hydrogen-bond donors (Lipinski definition) is 0. The molecule has 1 saturated heterocycles. The number of fused-ring (bicyclic) bond motifs is 1. The summed E-state index contributed by atoms with van der Waals surface area (Å²) in [5.41, 5.74) is 1.01. The Morgan fingerprint density at radius 1 is 0.800 bits per heavy atom. The van der Waals surface area contributed by atoms with Gasteiger partial charge in [0.05, 0.1) is 11.1 Å². The van der Waals surface area contributed by atoms with Crippen LogP contribution in [-0.2, 0) is 4.79 Å². The number of halogens is 1. The average molecular weight is 409 g/mol. The first-order chi connectivity index (χ1) is 14.5. The summed E-state index contributed by atoms with van der Waals surface area (Å²) in [7, 11) is 0. The van der Waals surface area contributed by atoms with Crippen LogP contribution in [0.2, 0.25) is 0 Å². The molecule has 4 rings (SSSR count). The van der Waals surface area contributed by atoms with Crippen molar-refractivity contribution in [3.63, 3.8) is 0 Å². The fraction of sp³-hybridized carbons (Fsp3) is 0.273. The van der Waals surface area contributed by atoms with Crippen molar-refractivity contribution in [3.8, 4) is 0 Å². The second-order valence-corrected chi connectivity index (χ2v) is 7.28. The lowest BCUT2D eigenvalue weighted by atomic mass is 10.1. The summed E-state index contributed by atoms with van der Waals surface area (Å²) >= 11 is 0. The number of amides is 4. The zero-order valence-corrected chi connectivity index (χ0v) is 16.2.